The maximum Gasteiger partial charge on any atom is 0.338 e. The van der Waals surface area contributed by atoms with Gasteiger partial charge in [0.25, 0.3) is 0 Å². The minimum atomic E-state index is -1.33. The molecule has 100 heavy (non-hydrogen) atoms. The van der Waals surface area contributed by atoms with Crippen molar-refractivity contribution in [3.8, 4) is 0 Å². The molecule has 0 bridgehead atoms. The van der Waals surface area contributed by atoms with E-state index in [0.717, 1.165) is 145 Å². The lowest BCUT2D eigenvalue weighted by atomic mass is 9.75. The van der Waals surface area contributed by atoms with Crippen molar-refractivity contribution in [3.63, 3.8) is 0 Å². The van der Waals surface area contributed by atoms with Crippen molar-refractivity contribution in [1.82, 2.24) is 14.7 Å². The molecule has 8 fully saturated rings. The summed E-state index contributed by atoms with van der Waals surface area (Å²) in [7, 11) is 0. The van der Waals surface area contributed by atoms with Crippen LogP contribution in [0.25, 0.3) is 0 Å². The number of carbonyl (C=O) groups is 9. The van der Waals surface area contributed by atoms with E-state index in [4.69, 9.17) is 32.5 Å². The number of nitrogens with two attached hydrogens (primary N) is 3. The number of ketones is 3. The number of amides is 3. The third-order valence-corrected chi connectivity index (χ3v) is 24.3. The van der Waals surface area contributed by atoms with E-state index < -0.39 is 41.4 Å². The van der Waals surface area contributed by atoms with Crippen LogP contribution in [0.15, 0.2) is 97.1 Å². The lowest BCUT2D eigenvalue weighted by Crippen LogP contribution is -2.48. The first-order chi connectivity index (χ1) is 48.3. The van der Waals surface area contributed by atoms with Crippen molar-refractivity contribution in [2.75, 3.05) is 39.3 Å². The lowest BCUT2D eigenvalue weighted by Gasteiger charge is -2.36. The summed E-state index contributed by atoms with van der Waals surface area (Å²) in [6.07, 6.45) is 25.7. The normalized spacial score (nSPS) is 27.3. The van der Waals surface area contributed by atoms with Gasteiger partial charge < -0.3 is 47.2 Å². The molecule has 8 aliphatic rings. The minimum absolute atomic E-state index is 0.00780. The summed E-state index contributed by atoms with van der Waals surface area (Å²) in [4.78, 5) is 121. The van der Waals surface area contributed by atoms with E-state index >= 15 is 0 Å². The average Bonchev–Trinajstić information content (AvgIpc) is 1.63. The number of nitrogens with zero attached hydrogens (tertiary/aromatic N) is 3. The second kappa shape index (κ2) is 35.9. The van der Waals surface area contributed by atoms with Gasteiger partial charge in [0, 0.05) is 62.6 Å². The number of rotatable bonds is 21. The summed E-state index contributed by atoms with van der Waals surface area (Å²) in [6, 6.07) is 25.5. The van der Waals surface area contributed by atoms with E-state index in [2.05, 4.69) is 0 Å². The Morgan fingerprint density at radius 1 is 0.380 bits per heavy atom. The Kier molecular flexibility index (Phi) is 27.0. The molecule has 5 saturated carbocycles. The quantitative estimate of drug-likeness (QED) is 0.0452. The maximum atomic E-state index is 14.2. The fraction of sp³-hybridized carbons (Fsp3) is 0.593. The summed E-state index contributed by atoms with van der Waals surface area (Å²) in [5, 5.41) is 27.4. The molecular weight excluding hydrogens is 1270 g/mol. The zero-order valence-electron chi connectivity index (χ0n) is 58.3. The number of aromatic carboxylic acids is 3. The van der Waals surface area contributed by atoms with Crippen LogP contribution in [0.5, 0.6) is 0 Å². The number of benzene rings is 4. The van der Waals surface area contributed by atoms with E-state index in [1.807, 2.05) is 45.0 Å². The Balaban J connectivity index is 0.000000162. The summed E-state index contributed by atoms with van der Waals surface area (Å²) >= 11 is 0. The zero-order chi connectivity index (χ0) is 71.0. The van der Waals surface area contributed by atoms with E-state index in [1.54, 1.807) is 36.4 Å². The molecule has 0 unspecified atom stereocenters. The number of likely N-dealkylation sites (tertiary alicyclic amines) is 3. The molecule has 540 valence electrons. The van der Waals surface area contributed by atoms with Crippen LogP contribution < -0.4 is 17.2 Å². The number of carboxylic acid groups (broad SMARTS) is 3. The average molecular weight is 1380 g/mol. The predicted molar refractivity (Wildman–Crippen MR) is 379 cm³/mol. The molecule has 19 heteroatoms. The minimum Gasteiger partial charge on any atom is -0.478 e. The SMILES string of the molecule is NCC1CCC(C(=O)N2CC[C@@H](C3CCCCC3)[C@H]2C(=O)Cc2ccc(C(=O)O)c(F)c2)CC1.NCC1CCC(C(=O)N2CC[C@@H](C3CCCCC3)[C@H]2C(=O)Cc2ccc(C(=O)O)cc2)CC1.NCC1CCC(C(=O)N2CC[C@H](c3ccccc3)[C@H]2C(=O)Cc2ccc(C(=O)O)cc2)CC1. The van der Waals surface area contributed by atoms with Gasteiger partial charge in [-0.2, -0.15) is 0 Å². The highest BCUT2D eigenvalue weighted by Crippen LogP contribution is 2.45. The summed E-state index contributed by atoms with van der Waals surface area (Å²) in [6.45, 7) is 3.90. The van der Waals surface area contributed by atoms with Crippen molar-refractivity contribution in [2.45, 2.75) is 204 Å². The van der Waals surface area contributed by atoms with Crippen LogP contribution >= 0.6 is 0 Å². The van der Waals surface area contributed by atoms with Gasteiger partial charge in [-0.15, -0.1) is 0 Å². The maximum absolute atomic E-state index is 14.2. The van der Waals surface area contributed by atoms with Gasteiger partial charge in [-0.3, -0.25) is 28.8 Å². The summed E-state index contributed by atoms with van der Waals surface area (Å²) < 4.78 is 14.2. The van der Waals surface area contributed by atoms with Crippen molar-refractivity contribution in [3.05, 3.63) is 142 Å². The van der Waals surface area contributed by atoms with Gasteiger partial charge in [0.1, 0.15) is 5.82 Å². The van der Waals surface area contributed by atoms with E-state index in [0.29, 0.717) is 74.4 Å². The molecular formula is C81H107FN6O12. The Bertz CT molecular complexity index is 3440. The van der Waals surface area contributed by atoms with Gasteiger partial charge in [-0.05, 0) is 216 Å². The molecule has 3 amide bonds. The molecule has 9 N–H and O–H groups in total. The van der Waals surface area contributed by atoms with Gasteiger partial charge in [-0.25, -0.2) is 18.8 Å². The van der Waals surface area contributed by atoms with Crippen LogP contribution in [0.2, 0.25) is 0 Å². The largest absolute Gasteiger partial charge is 0.478 e. The van der Waals surface area contributed by atoms with Crippen LogP contribution in [-0.2, 0) is 48.0 Å². The van der Waals surface area contributed by atoms with Crippen molar-refractivity contribution in [2.24, 2.45) is 76.4 Å². The Labute approximate surface area is 589 Å². The number of Topliss-reactive ketones (excluding diaryl/α,β-unsaturated/α-hetero) is 3. The molecule has 6 atom stereocenters. The van der Waals surface area contributed by atoms with Crippen molar-refractivity contribution in [1.29, 1.82) is 0 Å². The van der Waals surface area contributed by atoms with Gasteiger partial charge in [0.15, 0.2) is 17.3 Å². The van der Waals surface area contributed by atoms with Gasteiger partial charge in [0.2, 0.25) is 17.7 Å². The zero-order valence-corrected chi connectivity index (χ0v) is 58.3. The van der Waals surface area contributed by atoms with E-state index in [-0.39, 0.29) is 107 Å². The van der Waals surface area contributed by atoms with Crippen LogP contribution in [0.1, 0.15) is 220 Å². The number of halogens is 1. The van der Waals surface area contributed by atoms with Crippen LogP contribution in [-0.4, -0.2) is 140 Å². The molecule has 4 aromatic carbocycles. The number of hydrogen-bond acceptors (Lipinski definition) is 12. The molecule has 0 spiro atoms. The Morgan fingerprint density at radius 2 is 0.730 bits per heavy atom. The number of carbonyl (C=O) groups excluding carboxylic acids is 6. The molecule has 4 aromatic rings. The first kappa shape index (κ1) is 75.2. The Morgan fingerprint density at radius 3 is 1.09 bits per heavy atom. The first-order valence-corrected chi connectivity index (χ1v) is 37.6. The fourth-order valence-electron chi connectivity index (χ4n) is 18.5. The number of carboxylic acids is 3. The van der Waals surface area contributed by atoms with Crippen molar-refractivity contribution < 1.29 is 62.9 Å². The second-order valence-corrected chi connectivity index (χ2v) is 30.3. The fourth-order valence-corrected chi connectivity index (χ4v) is 18.5. The second-order valence-electron chi connectivity index (χ2n) is 30.3. The highest BCUT2D eigenvalue weighted by molar-refractivity contribution is 5.95. The van der Waals surface area contributed by atoms with E-state index in [1.165, 1.54) is 62.8 Å². The topological polar surface area (TPSA) is 302 Å². The van der Waals surface area contributed by atoms with Gasteiger partial charge in [-0.1, -0.05) is 125 Å². The number of hydrogen-bond donors (Lipinski definition) is 6. The van der Waals surface area contributed by atoms with Gasteiger partial charge >= 0.3 is 17.9 Å². The molecule has 18 nitrogen and oxygen atoms in total. The monoisotopic (exact) mass is 1370 g/mol. The predicted octanol–water partition coefficient (Wildman–Crippen LogP) is 11.9. The molecule has 0 aromatic heterocycles. The van der Waals surface area contributed by atoms with E-state index in [9.17, 15) is 47.5 Å². The highest BCUT2D eigenvalue weighted by Gasteiger charge is 2.49. The molecule has 3 heterocycles. The Hall–Kier alpha value is -7.48. The van der Waals surface area contributed by atoms with Crippen LogP contribution in [0.4, 0.5) is 4.39 Å². The molecule has 12 rings (SSSR count). The molecule has 0 radical (unpaired) electrons. The standard InChI is InChI=1S/C27H37FN2O4.C27H38N2O4.C27H32N2O4/c28-23-14-18(8-11-22(23)27(33)34)15-24(31)25-21(19-4-2-1-3-5-19)12-13-30(25)26(32)20-9-6-17(16-29)7-10-20;2*28-17-19-8-10-21(11-9-19)26(31)29-15-14-23(20-4-2-1-3-5-20)25(29)24(30)16-18-6-12-22(13-7-18)27(32)33/h8,11,14,17,19-21,25H,1-7,9-10,12-13,15-16,29H2,(H,33,34);6-7,12-13,19-21,23,25H,1-5,8-11,14-17,28H2,(H,32,33);1-7,12-13,19,21,23,25H,8-11,14-17,28H2,(H,32,33)/t17?,20?,21-,25-;19?,21?,23-,25-;19?,21?,23-,25+/m001/s1. The molecule has 5 aliphatic carbocycles. The van der Waals surface area contributed by atoms with Gasteiger partial charge in [0.05, 0.1) is 34.8 Å². The first-order valence-electron chi connectivity index (χ1n) is 37.6. The third kappa shape index (κ3) is 18.8. The third-order valence-electron chi connectivity index (χ3n) is 24.3. The van der Waals surface area contributed by atoms with Crippen molar-refractivity contribution >= 4 is 53.0 Å². The molecule has 3 aliphatic heterocycles. The summed E-state index contributed by atoms with van der Waals surface area (Å²) in [5.74, 6) is -0.920. The lowest BCUT2D eigenvalue weighted by molar-refractivity contribution is -0.143. The van der Waals surface area contributed by atoms with Crippen LogP contribution in [0.3, 0.4) is 0 Å². The summed E-state index contributed by atoms with van der Waals surface area (Å²) in [5.41, 5.74) is 20.6. The highest BCUT2D eigenvalue weighted by atomic mass is 19.1. The molecule has 3 saturated heterocycles. The van der Waals surface area contributed by atoms with Crippen LogP contribution in [0, 0.1) is 65.0 Å². The smallest absolute Gasteiger partial charge is 0.338 e.